The highest BCUT2D eigenvalue weighted by atomic mass is 35.5. The number of nitrogens with one attached hydrogen (secondary N) is 1. The first-order valence-electron chi connectivity index (χ1n) is 6.56. The van der Waals surface area contributed by atoms with Gasteiger partial charge >= 0.3 is 0 Å². The molecule has 1 atom stereocenters. The van der Waals surface area contributed by atoms with E-state index in [1.54, 1.807) is 5.54 Å². The summed E-state index contributed by atoms with van der Waals surface area (Å²) in [5, 5.41) is 3.63. The molecule has 0 aliphatic carbocycles. The van der Waals surface area contributed by atoms with Crippen LogP contribution in [0.2, 0.25) is 0 Å². The highest BCUT2D eigenvalue weighted by molar-refractivity contribution is 6.25. The molecular formula is C15H21ClN2. The van der Waals surface area contributed by atoms with Gasteiger partial charge in [0, 0.05) is 24.7 Å². The van der Waals surface area contributed by atoms with Crippen LogP contribution in [0.4, 0.5) is 0 Å². The van der Waals surface area contributed by atoms with Crippen molar-refractivity contribution in [3.8, 4) is 0 Å². The molecule has 1 saturated heterocycles. The van der Waals surface area contributed by atoms with E-state index in [1.165, 1.54) is 17.6 Å². The van der Waals surface area contributed by atoms with Gasteiger partial charge < -0.3 is 5.32 Å². The van der Waals surface area contributed by atoms with Crippen molar-refractivity contribution in [1.29, 1.82) is 0 Å². The Morgan fingerprint density at radius 1 is 1.44 bits per heavy atom. The normalized spacial score (nSPS) is 22.8. The quantitative estimate of drug-likeness (QED) is 0.902. The summed E-state index contributed by atoms with van der Waals surface area (Å²) in [6.07, 6.45) is 1.19. The van der Waals surface area contributed by atoms with Crippen molar-refractivity contribution >= 4 is 11.6 Å². The first-order chi connectivity index (χ1) is 8.79. The van der Waals surface area contributed by atoms with E-state index in [4.69, 9.17) is 11.6 Å². The van der Waals surface area contributed by atoms with Crippen LogP contribution in [0.5, 0.6) is 0 Å². The minimum absolute atomic E-state index is 0.428. The number of halogens is 1. The number of benzene rings is 1. The predicted octanol–water partition coefficient (Wildman–Crippen LogP) is 3.17. The minimum atomic E-state index is 0.428. The summed E-state index contributed by atoms with van der Waals surface area (Å²) in [5.41, 5.74) is 4.29. The molecule has 2 rings (SSSR count). The van der Waals surface area contributed by atoms with Gasteiger partial charge in [-0.2, -0.15) is 0 Å². The predicted molar refractivity (Wildman–Crippen MR) is 77.9 cm³/mol. The molecule has 0 amide bonds. The van der Waals surface area contributed by atoms with Crippen molar-refractivity contribution in [2.75, 3.05) is 26.2 Å². The molecule has 1 fully saturated rings. The summed E-state index contributed by atoms with van der Waals surface area (Å²) >= 11 is 5.76. The van der Waals surface area contributed by atoms with Gasteiger partial charge in [-0.05, 0) is 37.6 Å². The van der Waals surface area contributed by atoms with Gasteiger partial charge in [0.25, 0.3) is 0 Å². The summed E-state index contributed by atoms with van der Waals surface area (Å²) in [7, 11) is 0. The molecule has 1 heterocycles. The van der Waals surface area contributed by atoms with Crippen LogP contribution in [-0.2, 0) is 0 Å². The van der Waals surface area contributed by atoms with E-state index in [2.05, 4.69) is 47.5 Å². The van der Waals surface area contributed by atoms with Crippen LogP contribution < -0.4 is 5.32 Å². The van der Waals surface area contributed by atoms with Crippen LogP contribution in [0.25, 0.3) is 0 Å². The Kier molecular flexibility index (Phi) is 5.24. The number of rotatable bonds is 3. The van der Waals surface area contributed by atoms with Crippen molar-refractivity contribution < 1.29 is 0 Å². The van der Waals surface area contributed by atoms with E-state index in [0.29, 0.717) is 6.04 Å². The summed E-state index contributed by atoms with van der Waals surface area (Å²) in [4.78, 5) is 2.48. The van der Waals surface area contributed by atoms with Gasteiger partial charge in [0.05, 0.1) is 0 Å². The largest absolute Gasteiger partial charge is 0.309 e. The molecule has 1 unspecified atom stereocenters. The smallest absolute Gasteiger partial charge is 0.0449 e. The van der Waals surface area contributed by atoms with Crippen molar-refractivity contribution in [3.63, 3.8) is 0 Å². The van der Waals surface area contributed by atoms with Gasteiger partial charge in [0.15, 0.2) is 0 Å². The van der Waals surface area contributed by atoms with Gasteiger partial charge in [0.1, 0.15) is 0 Å². The Morgan fingerprint density at radius 2 is 2.22 bits per heavy atom. The topological polar surface area (TPSA) is 15.3 Å². The van der Waals surface area contributed by atoms with Crippen LogP contribution in [0.15, 0.2) is 41.4 Å². The fourth-order valence-corrected chi connectivity index (χ4v) is 2.50. The Morgan fingerprint density at radius 3 is 2.94 bits per heavy atom. The maximum Gasteiger partial charge on any atom is 0.0449 e. The lowest BCUT2D eigenvalue weighted by Gasteiger charge is -2.24. The fraction of sp³-hybridized carbons (Fsp3) is 0.467. The minimum Gasteiger partial charge on any atom is -0.309 e. The van der Waals surface area contributed by atoms with Crippen molar-refractivity contribution in [3.05, 3.63) is 47.0 Å². The summed E-state index contributed by atoms with van der Waals surface area (Å²) in [5.74, 6) is 0. The lowest BCUT2D eigenvalue weighted by atomic mass is 10.1. The van der Waals surface area contributed by atoms with Gasteiger partial charge in [-0.3, -0.25) is 4.90 Å². The Hall–Kier alpha value is -0.830. The molecule has 2 nitrogen and oxygen atoms in total. The van der Waals surface area contributed by atoms with Gasteiger partial charge in [-0.15, -0.1) is 0 Å². The molecule has 0 aromatic heterocycles. The zero-order valence-corrected chi connectivity index (χ0v) is 11.7. The van der Waals surface area contributed by atoms with Crippen LogP contribution >= 0.6 is 11.6 Å². The van der Waals surface area contributed by atoms with E-state index < -0.39 is 0 Å². The van der Waals surface area contributed by atoms with E-state index in [0.717, 1.165) is 26.2 Å². The molecular weight excluding hydrogens is 244 g/mol. The lowest BCUT2D eigenvalue weighted by Crippen LogP contribution is -2.32. The molecule has 18 heavy (non-hydrogen) atoms. The summed E-state index contributed by atoms with van der Waals surface area (Å²) < 4.78 is 0. The standard InChI is InChI=1S/C15H21ClN2/c1-13(10-16)11-18-9-5-8-17-15(12-18)14-6-3-2-4-7-14/h2-4,6-7,10,15,17H,5,8-9,11-12H2,1H3/b13-10-. The van der Waals surface area contributed by atoms with E-state index >= 15 is 0 Å². The second-order valence-electron chi connectivity index (χ2n) is 4.96. The van der Waals surface area contributed by atoms with Crippen molar-refractivity contribution in [2.24, 2.45) is 0 Å². The third-order valence-electron chi connectivity index (χ3n) is 3.34. The Labute approximate surface area is 115 Å². The molecule has 1 aromatic carbocycles. The second-order valence-corrected chi connectivity index (χ2v) is 5.18. The molecule has 0 saturated carbocycles. The molecule has 0 bridgehead atoms. The highest BCUT2D eigenvalue weighted by Gasteiger charge is 2.18. The van der Waals surface area contributed by atoms with Crippen LogP contribution in [0.3, 0.4) is 0 Å². The highest BCUT2D eigenvalue weighted by Crippen LogP contribution is 2.17. The maximum atomic E-state index is 5.76. The summed E-state index contributed by atoms with van der Waals surface area (Å²) in [6, 6.07) is 11.1. The molecule has 3 heteroatoms. The lowest BCUT2D eigenvalue weighted by molar-refractivity contribution is 0.290. The Bertz CT molecular complexity index is 389. The third-order valence-corrected chi connectivity index (χ3v) is 3.72. The Balaban J connectivity index is 2.03. The zero-order chi connectivity index (χ0) is 12.8. The third kappa shape index (κ3) is 3.84. The number of hydrogen-bond acceptors (Lipinski definition) is 2. The van der Waals surface area contributed by atoms with Gasteiger partial charge in [-0.25, -0.2) is 0 Å². The zero-order valence-electron chi connectivity index (χ0n) is 10.9. The first kappa shape index (κ1) is 13.6. The molecule has 1 aliphatic heterocycles. The van der Waals surface area contributed by atoms with Crippen molar-refractivity contribution in [1.82, 2.24) is 10.2 Å². The molecule has 1 N–H and O–H groups in total. The number of hydrogen-bond donors (Lipinski definition) is 1. The van der Waals surface area contributed by atoms with Crippen LogP contribution in [-0.4, -0.2) is 31.1 Å². The maximum absolute atomic E-state index is 5.76. The van der Waals surface area contributed by atoms with E-state index in [9.17, 15) is 0 Å². The monoisotopic (exact) mass is 264 g/mol. The molecule has 1 aromatic rings. The molecule has 0 radical (unpaired) electrons. The first-order valence-corrected chi connectivity index (χ1v) is 7.00. The summed E-state index contributed by atoms with van der Waals surface area (Å²) in [6.45, 7) is 6.32. The average molecular weight is 265 g/mol. The number of nitrogens with zero attached hydrogens (tertiary/aromatic N) is 1. The molecule has 1 aliphatic rings. The fourth-order valence-electron chi connectivity index (χ4n) is 2.43. The molecule has 98 valence electrons. The van der Waals surface area contributed by atoms with Crippen LogP contribution in [0.1, 0.15) is 24.9 Å². The van der Waals surface area contributed by atoms with E-state index in [1.807, 2.05) is 0 Å². The van der Waals surface area contributed by atoms with Gasteiger partial charge in [-0.1, -0.05) is 41.9 Å². The van der Waals surface area contributed by atoms with Gasteiger partial charge in [0.2, 0.25) is 0 Å². The van der Waals surface area contributed by atoms with Crippen LogP contribution in [0, 0.1) is 0 Å². The van der Waals surface area contributed by atoms with E-state index in [-0.39, 0.29) is 0 Å². The second kappa shape index (κ2) is 6.93. The SMILES string of the molecule is C/C(=C/Cl)CN1CCCNC(c2ccccc2)C1. The molecule has 0 spiro atoms. The van der Waals surface area contributed by atoms with Crippen molar-refractivity contribution in [2.45, 2.75) is 19.4 Å². The average Bonchev–Trinajstić information content (AvgIpc) is 2.65.